The highest BCUT2D eigenvalue weighted by Gasteiger charge is 2.15. The van der Waals surface area contributed by atoms with E-state index in [0.29, 0.717) is 39.1 Å². The van der Waals surface area contributed by atoms with Gasteiger partial charge in [0.2, 0.25) is 11.8 Å². The van der Waals surface area contributed by atoms with Crippen molar-refractivity contribution in [2.75, 3.05) is 32.8 Å². The summed E-state index contributed by atoms with van der Waals surface area (Å²) in [6, 6.07) is 9.41. The molecule has 0 fully saturated rings. The molecule has 0 unspecified atom stereocenters. The van der Waals surface area contributed by atoms with Crippen molar-refractivity contribution < 1.29 is 23.9 Å². The maximum Gasteiger partial charge on any atom is 0.307 e. The fraction of sp³-hybridized carbons (Fsp3) is 0.526. The Bertz CT molecular complexity index is 562. The van der Waals surface area contributed by atoms with Crippen LogP contribution in [0.25, 0.3) is 0 Å². The van der Waals surface area contributed by atoms with Gasteiger partial charge in [0.05, 0.1) is 19.6 Å². The molecule has 0 aliphatic carbocycles. The summed E-state index contributed by atoms with van der Waals surface area (Å²) in [6.45, 7) is 4.90. The van der Waals surface area contributed by atoms with Crippen LogP contribution in [0.2, 0.25) is 0 Å². The third-order valence-electron chi connectivity index (χ3n) is 3.55. The SMILES string of the molecule is CCOC(=O)CCN(CCNC(C)=O)C(=O)CCCOc1ccccc1. The molecular formula is C19H28N2O5. The predicted octanol–water partition coefficient (Wildman–Crippen LogP) is 1.76. The quantitative estimate of drug-likeness (QED) is 0.451. The molecule has 0 heterocycles. The summed E-state index contributed by atoms with van der Waals surface area (Å²) in [5.74, 6) is 0.206. The Hall–Kier alpha value is -2.57. The van der Waals surface area contributed by atoms with E-state index in [0.717, 1.165) is 5.75 Å². The van der Waals surface area contributed by atoms with E-state index in [4.69, 9.17) is 9.47 Å². The molecule has 0 saturated carbocycles. The van der Waals surface area contributed by atoms with Crippen LogP contribution in [0, 0.1) is 0 Å². The van der Waals surface area contributed by atoms with Gasteiger partial charge in [0, 0.05) is 33.0 Å². The van der Waals surface area contributed by atoms with Gasteiger partial charge in [-0.15, -0.1) is 0 Å². The minimum absolute atomic E-state index is 0.0729. The summed E-state index contributed by atoms with van der Waals surface area (Å²) in [5, 5.41) is 2.66. The van der Waals surface area contributed by atoms with Crippen LogP contribution in [0.4, 0.5) is 0 Å². The van der Waals surface area contributed by atoms with Gasteiger partial charge in [0.15, 0.2) is 0 Å². The van der Waals surface area contributed by atoms with Crippen LogP contribution in [0.5, 0.6) is 5.75 Å². The zero-order valence-electron chi connectivity index (χ0n) is 15.5. The smallest absolute Gasteiger partial charge is 0.307 e. The molecule has 1 N–H and O–H groups in total. The first-order chi connectivity index (χ1) is 12.5. The number of carbonyl (C=O) groups is 3. The molecule has 7 nitrogen and oxygen atoms in total. The molecule has 0 saturated heterocycles. The number of benzene rings is 1. The van der Waals surface area contributed by atoms with Gasteiger partial charge < -0.3 is 19.7 Å². The fourth-order valence-corrected chi connectivity index (χ4v) is 2.28. The first-order valence-electron chi connectivity index (χ1n) is 8.88. The van der Waals surface area contributed by atoms with Crippen LogP contribution in [0.3, 0.4) is 0 Å². The van der Waals surface area contributed by atoms with Crippen molar-refractivity contribution in [1.29, 1.82) is 0 Å². The minimum Gasteiger partial charge on any atom is -0.494 e. The molecule has 1 rings (SSSR count). The molecule has 7 heteroatoms. The maximum absolute atomic E-state index is 12.4. The van der Waals surface area contributed by atoms with E-state index < -0.39 is 0 Å². The lowest BCUT2D eigenvalue weighted by Gasteiger charge is -2.22. The highest BCUT2D eigenvalue weighted by molar-refractivity contribution is 5.77. The molecule has 1 aromatic rings. The highest BCUT2D eigenvalue weighted by Crippen LogP contribution is 2.09. The fourth-order valence-electron chi connectivity index (χ4n) is 2.28. The second-order valence-corrected chi connectivity index (χ2v) is 5.68. The third kappa shape index (κ3) is 9.66. The minimum atomic E-state index is -0.336. The van der Waals surface area contributed by atoms with Crippen LogP contribution < -0.4 is 10.1 Å². The van der Waals surface area contributed by atoms with E-state index in [-0.39, 0.29) is 30.7 Å². The molecule has 1 aromatic carbocycles. The van der Waals surface area contributed by atoms with Crippen molar-refractivity contribution in [3.8, 4) is 5.75 Å². The number of hydrogen-bond acceptors (Lipinski definition) is 5. The van der Waals surface area contributed by atoms with Crippen LogP contribution in [0.15, 0.2) is 30.3 Å². The van der Waals surface area contributed by atoms with Gasteiger partial charge in [-0.3, -0.25) is 14.4 Å². The lowest BCUT2D eigenvalue weighted by atomic mass is 10.2. The van der Waals surface area contributed by atoms with Crippen molar-refractivity contribution in [3.05, 3.63) is 30.3 Å². The molecular weight excluding hydrogens is 336 g/mol. The number of nitrogens with one attached hydrogen (secondary N) is 1. The van der Waals surface area contributed by atoms with Gasteiger partial charge in [0.1, 0.15) is 5.75 Å². The van der Waals surface area contributed by atoms with Crippen LogP contribution in [-0.2, 0) is 19.1 Å². The van der Waals surface area contributed by atoms with E-state index in [1.54, 1.807) is 11.8 Å². The Labute approximate surface area is 154 Å². The van der Waals surface area contributed by atoms with Gasteiger partial charge in [0.25, 0.3) is 0 Å². The summed E-state index contributed by atoms with van der Waals surface area (Å²) in [4.78, 5) is 36.5. The average Bonchev–Trinajstić information content (AvgIpc) is 2.62. The summed E-state index contributed by atoms with van der Waals surface area (Å²) >= 11 is 0. The zero-order chi connectivity index (χ0) is 19.2. The number of carbonyl (C=O) groups excluding carboxylic acids is 3. The standard InChI is InChI=1S/C19H28N2O5/c1-3-25-19(24)11-13-21(14-12-20-16(2)22)18(23)10-7-15-26-17-8-5-4-6-9-17/h4-6,8-9H,3,7,10-15H2,1-2H3,(H,20,22). The number of para-hydroxylation sites is 1. The van der Waals surface area contributed by atoms with Gasteiger partial charge in [-0.05, 0) is 25.5 Å². The van der Waals surface area contributed by atoms with E-state index in [1.807, 2.05) is 30.3 Å². The van der Waals surface area contributed by atoms with Crippen molar-refractivity contribution in [1.82, 2.24) is 10.2 Å². The normalized spacial score (nSPS) is 10.1. The first kappa shape index (κ1) is 21.5. The molecule has 0 aliphatic heterocycles. The molecule has 2 amide bonds. The van der Waals surface area contributed by atoms with Crippen LogP contribution >= 0.6 is 0 Å². The van der Waals surface area contributed by atoms with Crippen molar-refractivity contribution >= 4 is 17.8 Å². The Balaban J connectivity index is 2.39. The topological polar surface area (TPSA) is 84.9 Å². The number of amides is 2. The number of rotatable bonds is 12. The van der Waals surface area contributed by atoms with Gasteiger partial charge in [-0.2, -0.15) is 0 Å². The maximum atomic E-state index is 12.4. The lowest BCUT2D eigenvalue weighted by molar-refractivity contribution is -0.144. The molecule has 0 aliphatic rings. The molecule has 144 valence electrons. The summed E-state index contributed by atoms with van der Waals surface area (Å²) in [6.07, 6.45) is 1.03. The van der Waals surface area contributed by atoms with Gasteiger partial charge in [-0.25, -0.2) is 0 Å². The Kier molecular flexibility index (Phi) is 10.5. The number of nitrogens with zero attached hydrogens (tertiary/aromatic N) is 1. The van der Waals surface area contributed by atoms with Crippen molar-refractivity contribution in [2.45, 2.75) is 33.1 Å². The Morgan fingerprint density at radius 3 is 2.46 bits per heavy atom. The van der Waals surface area contributed by atoms with E-state index in [9.17, 15) is 14.4 Å². The predicted molar refractivity (Wildman–Crippen MR) is 97.7 cm³/mol. The second-order valence-electron chi connectivity index (χ2n) is 5.68. The summed E-state index contributed by atoms with van der Waals surface area (Å²) < 4.78 is 10.5. The number of hydrogen-bond donors (Lipinski definition) is 1. The number of ether oxygens (including phenoxy) is 2. The monoisotopic (exact) mass is 364 g/mol. The van der Waals surface area contributed by atoms with E-state index in [1.165, 1.54) is 6.92 Å². The van der Waals surface area contributed by atoms with E-state index in [2.05, 4.69) is 5.32 Å². The van der Waals surface area contributed by atoms with Crippen molar-refractivity contribution in [3.63, 3.8) is 0 Å². The first-order valence-corrected chi connectivity index (χ1v) is 8.88. The Morgan fingerprint density at radius 2 is 1.81 bits per heavy atom. The molecule has 0 spiro atoms. The third-order valence-corrected chi connectivity index (χ3v) is 3.55. The summed E-state index contributed by atoms with van der Waals surface area (Å²) in [7, 11) is 0. The van der Waals surface area contributed by atoms with E-state index >= 15 is 0 Å². The molecule has 0 bridgehead atoms. The largest absolute Gasteiger partial charge is 0.494 e. The molecule has 26 heavy (non-hydrogen) atoms. The average molecular weight is 364 g/mol. The van der Waals surface area contributed by atoms with Crippen LogP contribution in [0.1, 0.15) is 33.1 Å². The molecule has 0 atom stereocenters. The Morgan fingerprint density at radius 1 is 1.08 bits per heavy atom. The van der Waals surface area contributed by atoms with Gasteiger partial charge >= 0.3 is 5.97 Å². The zero-order valence-corrected chi connectivity index (χ0v) is 15.5. The highest BCUT2D eigenvalue weighted by atomic mass is 16.5. The van der Waals surface area contributed by atoms with Crippen molar-refractivity contribution in [2.24, 2.45) is 0 Å². The molecule has 0 aromatic heterocycles. The lowest BCUT2D eigenvalue weighted by Crippen LogP contribution is -2.39. The summed E-state index contributed by atoms with van der Waals surface area (Å²) in [5.41, 5.74) is 0. The van der Waals surface area contributed by atoms with Gasteiger partial charge in [-0.1, -0.05) is 18.2 Å². The second kappa shape index (κ2) is 12.7. The molecule has 0 radical (unpaired) electrons. The number of esters is 1. The van der Waals surface area contributed by atoms with Crippen LogP contribution in [-0.4, -0.2) is 55.5 Å².